The van der Waals surface area contributed by atoms with Crippen LogP contribution in [0.2, 0.25) is 0 Å². The molecule has 1 aliphatic rings. The largest absolute Gasteiger partial charge is 0.391 e. The average Bonchev–Trinajstić information content (AvgIpc) is 3.02. The second kappa shape index (κ2) is 10.5. The highest BCUT2D eigenvalue weighted by molar-refractivity contribution is 14.0. The van der Waals surface area contributed by atoms with Crippen molar-refractivity contribution in [3.05, 3.63) is 47.3 Å². The lowest BCUT2D eigenvalue weighted by Crippen LogP contribution is -2.46. The SMILES string of the molecule is CN=C(NCc1ccccc1-n1nc(C)cc1C)NC1CCCC(C(F)(F)F)C1.I. The zero-order valence-electron chi connectivity index (χ0n) is 17.5. The molecule has 166 valence electrons. The second-order valence-corrected chi connectivity index (χ2v) is 7.64. The van der Waals surface area contributed by atoms with E-state index in [0.29, 0.717) is 18.9 Å². The van der Waals surface area contributed by atoms with Crippen LogP contribution in [0.1, 0.15) is 42.6 Å². The minimum absolute atomic E-state index is 0. The van der Waals surface area contributed by atoms with Gasteiger partial charge in [0.25, 0.3) is 0 Å². The molecule has 1 saturated carbocycles. The van der Waals surface area contributed by atoms with E-state index in [4.69, 9.17) is 0 Å². The number of aryl methyl sites for hydroxylation is 2. The number of hydrogen-bond acceptors (Lipinski definition) is 2. The Morgan fingerprint density at radius 3 is 2.60 bits per heavy atom. The van der Waals surface area contributed by atoms with Gasteiger partial charge in [-0.25, -0.2) is 4.68 Å². The molecule has 1 aromatic heterocycles. The van der Waals surface area contributed by atoms with Crippen LogP contribution in [-0.4, -0.2) is 35.0 Å². The van der Waals surface area contributed by atoms with E-state index in [9.17, 15) is 13.2 Å². The molecular formula is C21H29F3IN5. The number of aromatic nitrogens is 2. The van der Waals surface area contributed by atoms with Crippen LogP contribution in [0.5, 0.6) is 0 Å². The minimum Gasteiger partial charge on any atom is -0.354 e. The summed E-state index contributed by atoms with van der Waals surface area (Å²) in [5.74, 6) is -0.723. The van der Waals surface area contributed by atoms with Crippen LogP contribution in [0, 0.1) is 19.8 Å². The maximum absolute atomic E-state index is 13.1. The summed E-state index contributed by atoms with van der Waals surface area (Å²) in [7, 11) is 1.63. The van der Waals surface area contributed by atoms with E-state index in [2.05, 4.69) is 20.7 Å². The van der Waals surface area contributed by atoms with Crippen LogP contribution in [0.15, 0.2) is 35.3 Å². The molecule has 2 atom stereocenters. The first-order valence-electron chi connectivity index (χ1n) is 9.93. The van der Waals surface area contributed by atoms with Crippen molar-refractivity contribution in [1.82, 2.24) is 20.4 Å². The summed E-state index contributed by atoms with van der Waals surface area (Å²) in [4.78, 5) is 4.20. The molecule has 0 radical (unpaired) electrons. The Bertz CT molecular complexity index is 863. The van der Waals surface area contributed by atoms with Crippen LogP contribution >= 0.6 is 24.0 Å². The van der Waals surface area contributed by atoms with Crippen LogP contribution < -0.4 is 10.6 Å². The van der Waals surface area contributed by atoms with Gasteiger partial charge in [0.15, 0.2) is 5.96 Å². The molecule has 2 unspecified atom stereocenters. The van der Waals surface area contributed by atoms with Crippen molar-refractivity contribution in [1.29, 1.82) is 0 Å². The molecule has 0 saturated heterocycles. The first-order valence-corrected chi connectivity index (χ1v) is 9.93. The van der Waals surface area contributed by atoms with Gasteiger partial charge in [-0.15, -0.1) is 24.0 Å². The Morgan fingerprint density at radius 2 is 1.97 bits per heavy atom. The fraction of sp³-hybridized carbons (Fsp3) is 0.524. The number of nitrogens with one attached hydrogen (secondary N) is 2. The van der Waals surface area contributed by atoms with Crippen molar-refractivity contribution in [2.24, 2.45) is 10.9 Å². The van der Waals surface area contributed by atoms with Crippen LogP contribution in [0.3, 0.4) is 0 Å². The van der Waals surface area contributed by atoms with Crippen molar-refractivity contribution >= 4 is 29.9 Å². The van der Waals surface area contributed by atoms with Crippen molar-refractivity contribution in [2.45, 2.75) is 58.3 Å². The molecule has 2 aromatic rings. The van der Waals surface area contributed by atoms with Crippen molar-refractivity contribution in [2.75, 3.05) is 7.05 Å². The molecule has 0 aliphatic heterocycles. The van der Waals surface area contributed by atoms with Gasteiger partial charge in [0.05, 0.1) is 17.3 Å². The number of aliphatic imine (C=N–C) groups is 1. The fourth-order valence-electron chi connectivity index (χ4n) is 3.92. The Morgan fingerprint density at radius 1 is 1.23 bits per heavy atom. The predicted molar refractivity (Wildman–Crippen MR) is 124 cm³/mol. The molecule has 1 fully saturated rings. The number of benzene rings is 1. The smallest absolute Gasteiger partial charge is 0.354 e. The summed E-state index contributed by atoms with van der Waals surface area (Å²) in [5.41, 5.74) is 3.98. The molecule has 1 aromatic carbocycles. The third kappa shape index (κ3) is 6.12. The first-order chi connectivity index (χ1) is 13.8. The van der Waals surface area contributed by atoms with Gasteiger partial charge in [0, 0.05) is 25.3 Å². The summed E-state index contributed by atoms with van der Waals surface area (Å²) >= 11 is 0. The maximum Gasteiger partial charge on any atom is 0.391 e. The number of halogens is 4. The van der Waals surface area contributed by atoms with E-state index >= 15 is 0 Å². The molecule has 30 heavy (non-hydrogen) atoms. The van der Waals surface area contributed by atoms with E-state index < -0.39 is 12.1 Å². The summed E-state index contributed by atoms with van der Waals surface area (Å²) < 4.78 is 41.1. The van der Waals surface area contributed by atoms with Gasteiger partial charge in [0.2, 0.25) is 0 Å². The van der Waals surface area contributed by atoms with Gasteiger partial charge < -0.3 is 10.6 Å². The highest BCUT2D eigenvalue weighted by Gasteiger charge is 2.42. The molecular weight excluding hydrogens is 506 g/mol. The maximum atomic E-state index is 13.1. The van der Waals surface area contributed by atoms with E-state index in [1.165, 1.54) is 0 Å². The van der Waals surface area contributed by atoms with Crippen molar-refractivity contribution < 1.29 is 13.2 Å². The monoisotopic (exact) mass is 535 g/mol. The Labute approximate surface area is 192 Å². The number of para-hydroxylation sites is 1. The normalized spacial score (nSPS) is 19.9. The van der Waals surface area contributed by atoms with Gasteiger partial charge in [-0.1, -0.05) is 24.6 Å². The standard InChI is InChI=1S/C21H28F3N5.HI/c1-14-11-15(2)29(28-14)19-10-5-4-7-16(19)13-26-20(25-3)27-18-9-6-8-17(12-18)21(22,23)24;/h4-5,7,10-11,17-18H,6,8-9,12-13H2,1-3H3,(H2,25,26,27);1H. The Kier molecular flexibility index (Phi) is 8.57. The summed E-state index contributed by atoms with van der Waals surface area (Å²) in [6.07, 6.45) is -2.54. The molecule has 0 spiro atoms. The highest BCUT2D eigenvalue weighted by Crippen LogP contribution is 2.37. The molecule has 9 heteroatoms. The molecule has 1 heterocycles. The van der Waals surface area contributed by atoms with E-state index in [-0.39, 0.29) is 42.9 Å². The molecule has 5 nitrogen and oxygen atoms in total. The lowest BCUT2D eigenvalue weighted by Gasteiger charge is -2.32. The third-order valence-corrected chi connectivity index (χ3v) is 5.38. The highest BCUT2D eigenvalue weighted by atomic mass is 127. The molecule has 3 rings (SSSR count). The zero-order valence-corrected chi connectivity index (χ0v) is 19.8. The average molecular weight is 535 g/mol. The first kappa shape index (κ1) is 24.5. The predicted octanol–water partition coefficient (Wildman–Crippen LogP) is 4.89. The molecule has 0 bridgehead atoms. The summed E-state index contributed by atoms with van der Waals surface area (Å²) in [6.45, 7) is 4.45. The number of rotatable bonds is 4. The van der Waals surface area contributed by atoms with Gasteiger partial charge in [-0.2, -0.15) is 18.3 Å². The zero-order chi connectivity index (χ0) is 21.0. The van der Waals surface area contributed by atoms with Crippen molar-refractivity contribution in [3.8, 4) is 5.69 Å². The Hall–Kier alpha value is -1.78. The van der Waals surface area contributed by atoms with Gasteiger partial charge >= 0.3 is 6.18 Å². The van der Waals surface area contributed by atoms with Gasteiger partial charge in [-0.3, -0.25) is 4.99 Å². The lowest BCUT2D eigenvalue weighted by molar-refractivity contribution is -0.183. The minimum atomic E-state index is -4.13. The quantitative estimate of drug-likeness (QED) is 0.333. The number of guanidine groups is 1. The fourth-order valence-corrected chi connectivity index (χ4v) is 3.92. The van der Waals surface area contributed by atoms with Crippen molar-refractivity contribution in [3.63, 3.8) is 0 Å². The second-order valence-electron chi connectivity index (χ2n) is 7.64. The number of nitrogens with zero attached hydrogens (tertiary/aromatic N) is 3. The van der Waals surface area contributed by atoms with Crippen LogP contribution in [0.4, 0.5) is 13.2 Å². The lowest BCUT2D eigenvalue weighted by atomic mass is 9.85. The topological polar surface area (TPSA) is 54.2 Å². The molecule has 0 amide bonds. The number of hydrogen-bond donors (Lipinski definition) is 2. The van der Waals surface area contributed by atoms with Gasteiger partial charge in [-0.05, 0) is 50.8 Å². The molecule has 1 aliphatic carbocycles. The van der Waals surface area contributed by atoms with Gasteiger partial charge in [0.1, 0.15) is 0 Å². The number of alkyl halides is 3. The summed E-state index contributed by atoms with van der Waals surface area (Å²) in [6, 6.07) is 9.71. The molecule has 2 N–H and O–H groups in total. The van der Waals surface area contributed by atoms with Crippen LogP contribution in [-0.2, 0) is 6.54 Å². The van der Waals surface area contributed by atoms with E-state index in [0.717, 1.165) is 29.1 Å². The van der Waals surface area contributed by atoms with Crippen LogP contribution in [0.25, 0.3) is 5.69 Å². The Balaban J connectivity index is 0.00000320. The van der Waals surface area contributed by atoms with E-state index in [1.54, 1.807) is 7.05 Å². The summed E-state index contributed by atoms with van der Waals surface area (Å²) in [5, 5.41) is 11.0. The van der Waals surface area contributed by atoms with E-state index in [1.807, 2.05) is 48.9 Å². The third-order valence-electron chi connectivity index (χ3n) is 5.38.